The molecule has 6 nitrogen and oxygen atoms in total. The summed E-state index contributed by atoms with van der Waals surface area (Å²) in [4.78, 5) is 28.5. The van der Waals surface area contributed by atoms with Crippen LogP contribution in [0.5, 0.6) is 5.75 Å². The van der Waals surface area contributed by atoms with Gasteiger partial charge in [0, 0.05) is 35.0 Å². The Morgan fingerprint density at radius 3 is 2.77 bits per heavy atom. The zero-order chi connectivity index (χ0) is 24.2. The normalized spacial score (nSPS) is 25.9. The molecule has 4 bridgehead atoms. The Kier molecular flexibility index (Phi) is 4.12. The fourth-order valence-electron chi connectivity index (χ4n) is 6.23. The number of benzene rings is 2. The van der Waals surface area contributed by atoms with E-state index in [1.54, 1.807) is 15.6 Å². The van der Waals surface area contributed by atoms with Crippen LogP contribution in [0.1, 0.15) is 58.5 Å². The third kappa shape index (κ3) is 2.64. The summed E-state index contributed by atoms with van der Waals surface area (Å²) in [5.74, 6) is -2.51. The van der Waals surface area contributed by atoms with Gasteiger partial charge in [-0.1, -0.05) is 25.1 Å². The SMILES string of the molecule is CC12CCN3C(=O)c4c(O)c(=O)ccn4N(C4c5cc1ccc5SCc1c4ccc(F)c1F)[C@@H]3C2. The van der Waals surface area contributed by atoms with Crippen molar-refractivity contribution in [2.75, 3.05) is 11.6 Å². The third-order valence-corrected chi connectivity index (χ3v) is 9.25. The molecule has 1 N–H and O–H groups in total. The summed E-state index contributed by atoms with van der Waals surface area (Å²) in [6.45, 7) is 2.64. The molecule has 5 heterocycles. The van der Waals surface area contributed by atoms with E-state index < -0.39 is 40.9 Å². The quantitative estimate of drug-likeness (QED) is 0.513. The smallest absolute Gasteiger partial charge is 0.278 e. The summed E-state index contributed by atoms with van der Waals surface area (Å²) in [5.41, 5.74) is 2.06. The summed E-state index contributed by atoms with van der Waals surface area (Å²) in [5, 5.41) is 12.7. The number of pyridine rings is 1. The first-order valence-corrected chi connectivity index (χ1v) is 12.6. The molecule has 0 radical (unpaired) electrons. The van der Waals surface area contributed by atoms with Crippen LogP contribution in [0.25, 0.3) is 0 Å². The summed E-state index contributed by atoms with van der Waals surface area (Å²) >= 11 is 1.46. The van der Waals surface area contributed by atoms with Crippen molar-refractivity contribution in [2.45, 2.75) is 48.0 Å². The summed E-state index contributed by atoms with van der Waals surface area (Å²) < 4.78 is 31.0. The lowest BCUT2D eigenvalue weighted by Crippen LogP contribution is -2.66. The van der Waals surface area contributed by atoms with E-state index in [-0.39, 0.29) is 22.4 Å². The van der Waals surface area contributed by atoms with Gasteiger partial charge in [-0.2, -0.15) is 0 Å². The molecule has 1 aromatic heterocycles. The standard InChI is InChI=1S/C26H21F2N3O3S/c1-26-7-9-29-20(11-26)31(30-8-6-18(32)24(33)23(30)25(29)34)22-14-3-4-17(27)21(28)16(14)12-35-19-5-2-13(26)10-15(19)22/h2-6,8,10,20,22,33H,7,9,11-12H2,1H3/t20-,22?,26?/m1/s1. The van der Waals surface area contributed by atoms with Gasteiger partial charge in [-0.05, 0) is 47.1 Å². The van der Waals surface area contributed by atoms with Gasteiger partial charge in [-0.15, -0.1) is 11.8 Å². The van der Waals surface area contributed by atoms with Crippen molar-refractivity contribution in [1.82, 2.24) is 9.58 Å². The molecule has 0 aliphatic carbocycles. The average Bonchev–Trinajstić information content (AvgIpc) is 3.00. The van der Waals surface area contributed by atoms with Crippen LogP contribution in [0, 0.1) is 11.6 Å². The summed E-state index contributed by atoms with van der Waals surface area (Å²) in [6.07, 6.45) is 2.44. The van der Waals surface area contributed by atoms with E-state index in [0.717, 1.165) is 28.5 Å². The Morgan fingerprint density at radius 2 is 1.94 bits per heavy atom. The number of aromatic nitrogens is 1. The molecule has 0 saturated carbocycles. The van der Waals surface area contributed by atoms with E-state index in [4.69, 9.17) is 0 Å². The van der Waals surface area contributed by atoms with Crippen LogP contribution in [0.2, 0.25) is 0 Å². The number of rotatable bonds is 0. The van der Waals surface area contributed by atoms with Crippen molar-refractivity contribution in [3.63, 3.8) is 0 Å². The predicted octanol–water partition coefficient (Wildman–Crippen LogP) is 4.01. The van der Waals surface area contributed by atoms with Crippen LogP contribution < -0.4 is 10.4 Å². The molecule has 1 amide bonds. The first-order valence-electron chi connectivity index (χ1n) is 11.6. The number of halogens is 2. The number of piperidine rings is 1. The predicted molar refractivity (Wildman–Crippen MR) is 126 cm³/mol. The number of carbonyl (C=O) groups is 1. The van der Waals surface area contributed by atoms with E-state index >= 15 is 4.39 Å². The highest BCUT2D eigenvalue weighted by molar-refractivity contribution is 7.98. The highest BCUT2D eigenvalue weighted by Crippen LogP contribution is 2.51. The van der Waals surface area contributed by atoms with Gasteiger partial charge in [0.1, 0.15) is 6.17 Å². The van der Waals surface area contributed by atoms with Gasteiger partial charge < -0.3 is 10.0 Å². The molecule has 3 aromatic rings. The van der Waals surface area contributed by atoms with Crippen molar-refractivity contribution < 1.29 is 18.7 Å². The summed E-state index contributed by atoms with van der Waals surface area (Å²) in [7, 11) is 0. The first-order chi connectivity index (χ1) is 16.8. The van der Waals surface area contributed by atoms with Crippen LogP contribution in [0.15, 0.2) is 52.3 Å². The monoisotopic (exact) mass is 493 g/mol. The number of hydrogen-bond donors (Lipinski definition) is 1. The third-order valence-electron chi connectivity index (χ3n) is 8.13. The van der Waals surface area contributed by atoms with Crippen molar-refractivity contribution in [1.29, 1.82) is 0 Å². The van der Waals surface area contributed by atoms with Crippen LogP contribution in [0.4, 0.5) is 8.78 Å². The largest absolute Gasteiger partial charge is 0.502 e. The van der Waals surface area contributed by atoms with Crippen molar-refractivity contribution in [2.24, 2.45) is 0 Å². The molecule has 35 heavy (non-hydrogen) atoms. The number of carbonyl (C=O) groups excluding carboxylic acids is 1. The summed E-state index contributed by atoms with van der Waals surface area (Å²) in [6, 6.07) is 9.77. The van der Waals surface area contributed by atoms with Gasteiger partial charge in [-0.25, -0.2) is 8.78 Å². The Morgan fingerprint density at radius 1 is 1.11 bits per heavy atom. The Labute approximate surface area is 203 Å². The number of fused-ring (bicyclic) bond motifs is 8. The second-order valence-electron chi connectivity index (χ2n) is 9.97. The van der Waals surface area contributed by atoms with Crippen LogP contribution >= 0.6 is 11.8 Å². The molecule has 7 rings (SSSR count). The Balaban J connectivity index is 1.61. The number of nitrogens with zero attached hydrogens (tertiary/aromatic N) is 3. The molecule has 4 aliphatic heterocycles. The lowest BCUT2D eigenvalue weighted by atomic mass is 9.71. The minimum absolute atomic E-state index is 0.100. The molecule has 4 aliphatic rings. The minimum Gasteiger partial charge on any atom is -0.502 e. The number of thioether (sulfide) groups is 1. The van der Waals surface area contributed by atoms with E-state index in [2.05, 4.69) is 25.1 Å². The molecular weight excluding hydrogens is 472 g/mol. The average molecular weight is 494 g/mol. The maximum atomic E-state index is 15.1. The second kappa shape index (κ2) is 6.87. The van der Waals surface area contributed by atoms with Gasteiger partial charge in [0.05, 0.1) is 6.04 Å². The van der Waals surface area contributed by atoms with Gasteiger partial charge in [0.15, 0.2) is 23.1 Å². The zero-order valence-electron chi connectivity index (χ0n) is 18.8. The van der Waals surface area contributed by atoms with Crippen LogP contribution in [-0.2, 0) is 11.2 Å². The highest BCUT2D eigenvalue weighted by Gasteiger charge is 2.51. The van der Waals surface area contributed by atoms with Gasteiger partial charge in [0.25, 0.3) is 5.91 Å². The molecule has 1 saturated heterocycles. The number of hydrogen-bond acceptors (Lipinski definition) is 5. The maximum absolute atomic E-state index is 15.1. The number of amides is 1. The van der Waals surface area contributed by atoms with Crippen LogP contribution in [-0.4, -0.2) is 33.3 Å². The zero-order valence-corrected chi connectivity index (χ0v) is 19.6. The maximum Gasteiger partial charge on any atom is 0.278 e. The van der Waals surface area contributed by atoms with Crippen LogP contribution in [0.3, 0.4) is 0 Å². The highest BCUT2D eigenvalue weighted by atomic mass is 32.2. The first kappa shape index (κ1) is 21.0. The molecule has 178 valence electrons. The number of aromatic hydroxyl groups is 1. The van der Waals surface area contributed by atoms with Gasteiger partial charge >= 0.3 is 0 Å². The van der Waals surface area contributed by atoms with Crippen molar-refractivity contribution in [3.8, 4) is 5.75 Å². The fourth-order valence-corrected chi connectivity index (χ4v) is 7.33. The molecule has 0 spiro atoms. The Bertz CT molecular complexity index is 1520. The lowest BCUT2D eigenvalue weighted by molar-refractivity contribution is 0.0334. The van der Waals surface area contributed by atoms with Gasteiger partial charge in [-0.3, -0.25) is 19.3 Å². The van der Waals surface area contributed by atoms with E-state index in [1.165, 1.54) is 24.0 Å². The van der Waals surface area contributed by atoms with Crippen molar-refractivity contribution >= 4 is 17.7 Å². The Hall–Kier alpha value is -3.33. The van der Waals surface area contributed by atoms with Crippen molar-refractivity contribution in [3.05, 3.63) is 92.4 Å². The molecule has 1 fully saturated rings. The van der Waals surface area contributed by atoms with Gasteiger partial charge in [0.2, 0.25) is 5.43 Å². The fraction of sp³-hybridized carbons (Fsp3) is 0.308. The second-order valence-corrected chi connectivity index (χ2v) is 11.0. The minimum atomic E-state index is -0.899. The molecule has 2 unspecified atom stereocenters. The lowest BCUT2D eigenvalue weighted by Gasteiger charge is -2.56. The topological polar surface area (TPSA) is 65.8 Å². The molecule has 3 atom stereocenters. The van der Waals surface area contributed by atoms with E-state index in [0.29, 0.717) is 18.5 Å². The molecular formula is C26H21F2N3O3S. The van der Waals surface area contributed by atoms with E-state index in [1.807, 2.05) is 5.01 Å². The van der Waals surface area contributed by atoms with E-state index in [9.17, 15) is 19.1 Å². The molecule has 2 aromatic carbocycles. The molecule has 9 heteroatoms.